The van der Waals surface area contributed by atoms with E-state index in [4.69, 9.17) is 4.98 Å². The molecule has 4 rings (SSSR count). The van der Waals surface area contributed by atoms with Crippen molar-refractivity contribution < 1.29 is 4.79 Å². The Morgan fingerprint density at radius 1 is 1.21 bits per heavy atom. The molecule has 1 N–H and O–H groups in total. The van der Waals surface area contributed by atoms with Gasteiger partial charge < -0.3 is 10.2 Å². The molecule has 2 aromatic rings. The van der Waals surface area contributed by atoms with Gasteiger partial charge in [0.15, 0.2) is 0 Å². The Balaban J connectivity index is 1.43. The van der Waals surface area contributed by atoms with Crippen LogP contribution in [-0.4, -0.2) is 60.0 Å². The SMILES string of the molecule is CC[C@H](C)CNC(=O)c1ccc2ncc(N3CCN(CC4CC4)CC3)nc2c1. The summed E-state index contributed by atoms with van der Waals surface area (Å²) in [6.07, 6.45) is 5.73. The first-order chi connectivity index (χ1) is 13.6. The van der Waals surface area contributed by atoms with Gasteiger partial charge in [0.05, 0.1) is 17.2 Å². The molecule has 6 nitrogen and oxygen atoms in total. The van der Waals surface area contributed by atoms with Crippen molar-refractivity contribution >= 4 is 22.8 Å². The van der Waals surface area contributed by atoms with E-state index in [1.165, 1.54) is 19.4 Å². The van der Waals surface area contributed by atoms with Crippen LogP contribution in [0.5, 0.6) is 0 Å². The molecule has 1 aliphatic heterocycles. The Kier molecular flexibility index (Phi) is 5.76. The lowest BCUT2D eigenvalue weighted by molar-refractivity contribution is 0.0948. The maximum absolute atomic E-state index is 12.4. The number of anilines is 1. The Morgan fingerprint density at radius 2 is 2.00 bits per heavy atom. The van der Waals surface area contributed by atoms with Crippen LogP contribution in [0.2, 0.25) is 0 Å². The third-order valence-electron chi connectivity index (χ3n) is 6.01. The molecule has 28 heavy (non-hydrogen) atoms. The molecule has 1 amide bonds. The molecule has 2 aliphatic rings. The Hall–Kier alpha value is -2.21. The minimum atomic E-state index is -0.0388. The van der Waals surface area contributed by atoms with Crippen molar-refractivity contribution in [3.8, 4) is 0 Å². The maximum Gasteiger partial charge on any atom is 0.251 e. The summed E-state index contributed by atoms with van der Waals surface area (Å²) in [6.45, 7) is 10.4. The molecule has 1 aliphatic carbocycles. The van der Waals surface area contributed by atoms with Crippen LogP contribution in [-0.2, 0) is 0 Å². The van der Waals surface area contributed by atoms with Gasteiger partial charge in [-0.2, -0.15) is 0 Å². The number of nitrogens with one attached hydrogen (secondary N) is 1. The third kappa shape index (κ3) is 4.61. The number of hydrogen-bond acceptors (Lipinski definition) is 5. The van der Waals surface area contributed by atoms with Crippen LogP contribution in [0.4, 0.5) is 5.82 Å². The normalized spacial score (nSPS) is 19.0. The summed E-state index contributed by atoms with van der Waals surface area (Å²) < 4.78 is 0. The predicted octanol–water partition coefficient (Wildman–Crippen LogP) is 2.94. The van der Waals surface area contributed by atoms with E-state index in [-0.39, 0.29) is 5.91 Å². The van der Waals surface area contributed by atoms with Gasteiger partial charge in [0, 0.05) is 44.8 Å². The number of benzene rings is 1. The van der Waals surface area contributed by atoms with Gasteiger partial charge in [-0.3, -0.25) is 14.7 Å². The first-order valence-electron chi connectivity index (χ1n) is 10.6. The number of fused-ring (bicyclic) bond motifs is 1. The van der Waals surface area contributed by atoms with Crippen LogP contribution < -0.4 is 10.2 Å². The Morgan fingerprint density at radius 3 is 2.71 bits per heavy atom. The smallest absolute Gasteiger partial charge is 0.251 e. The fourth-order valence-corrected chi connectivity index (χ4v) is 3.63. The van der Waals surface area contributed by atoms with E-state index >= 15 is 0 Å². The minimum Gasteiger partial charge on any atom is -0.353 e. The van der Waals surface area contributed by atoms with Gasteiger partial charge in [-0.05, 0) is 42.9 Å². The average molecular weight is 382 g/mol. The Labute approximate surface area is 167 Å². The van der Waals surface area contributed by atoms with Gasteiger partial charge in [0.1, 0.15) is 5.82 Å². The lowest BCUT2D eigenvalue weighted by Crippen LogP contribution is -2.47. The zero-order valence-electron chi connectivity index (χ0n) is 17.0. The zero-order chi connectivity index (χ0) is 19.5. The molecule has 0 spiro atoms. The summed E-state index contributed by atoms with van der Waals surface area (Å²) in [5, 5.41) is 3.01. The minimum absolute atomic E-state index is 0.0388. The van der Waals surface area contributed by atoms with Crippen molar-refractivity contribution in [3.63, 3.8) is 0 Å². The lowest BCUT2D eigenvalue weighted by atomic mass is 10.1. The monoisotopic (exact) mass is 381 g/mol. The summed E-state index contributed by atoms with van der Waals surface area (Å²) in [6, 6.07) is 5.58. The maximum atomic E-state index is 12.4. The summed E-state index contributed by atoms with van der Waals surface area (Å²) in [5.74, 6) is 2.30. The molecule has 2 heterocycles. The molecule has 1 atom stereocenters. The van der Waals surface area contributed by atoms with Crippen molar-refractivity contribution in [2.45, 2.75) is 33.1 Å². The predicted molar refractivity (Wildman–Crippen MR) is 113 cm³/mol. The highest BCUT2D eigenvalue weighted by Gasteiger charge is 2.26. The molecule has 2 fully saturated rings. The number of carbonyl (C=O) groups excluding carboxylic acids is 1. The molecule has 1 aromatic heterocycles. The van der Waals surface area contributed by atoms with Crippen LogP contribution in [0.15, 0.2) is 24.4 Å². The van der Waals surface area contributed by atoms with Gasteiger partial charge in [-0.1, -0.05) is 20.3 Å². The molecule has 1 saturated carbocycles. The second-order valence-electron chi connectivity index (χ2n) is 8.39. The molecule has 6 heteroatoms. The Bertz CT molecular complexity index is 827. The molecule has 0 radical (unpaired) electrons. The van der Waals surface area contributed by atoms with Crippen molar-refractivity contribution in [3.05, 3.63) is 30.0 Å². The summed E-state index contributed by atoms with van der Waals surface area (Å²) in [5.41, 5.74) is 2.26. The van der Waals surface area contributed by atoms with Crippen molar-refractivity contribution in [1.82, 2.24) is 20.2 Å². The van der Waals surface area contributed by atoms with Crippen molar-refractivity contribution in [1.29, 1.82) is 0 Å². The molecule has 1 aromatic carbocycles. The first-order valence-corrected chi connectivity index (χ1v) is 10.6. The van der Waals surface area contributed by atoms with Gasteiger partial charge in [0.2, 0.25) is 0 Å². The highest BCUT2D eigenvalue weighted by molar-refractivity contribution is 5.97. The first kappa shape index (κ1) is 19.1. The largest absolute Gasteiger partial charge is 0.353 e. The molecule has 0 unspecified atom stereocenters. The topological polar surface area (TPSA) is 61.4 Å². The van der Waals surface area contributed by atoms with Crippen LogP contribution in [0.1, 0.15) is 43.5 Å². The fraction of sp³-hybridized carbons (Fsp3) is 0.591. The zero-order valence-corrected chi connectivity index (χ0v) is 17.0. The molecular formula is C22H31N5O. The number of hydrogen-bond donors (Lipinski definition) is 1. The van der Waals surface area contributed by atoms with Gasteiger partial charge >= 0.3 is 0 Å². The van der Waals surface area contributed by atoms with E-state index in [1.54, 1.807) is 0 Å². The van der Waals surface area contributed by atoms with E-state index in [0.717, 1.165) is 55.4 Å². The van der Waals surface area contributed by atoms with Crippen LogP contribution in [0, 0.1) is 11.8 Å². The molecular weight excluding hydrogens is 350 g/mol. The average Bonchev–Trinajstić information content (AvgIpc) is 3.55. The summed E-state index contributed by atoms with van der Waals surface area (Å²) >= 11 is 0. The number of piperazine rings is 1. The second-order valence-corrected chi connectivity index (χ2v) is 8.39. The van der Waals surface area contributed by atoms with E-state index in [2.05, 4.69) is 33.9 Å². The molecule has 150 valence electrons. The van der Waals surface area contributed by atoms with Crippen molar-refractivity contribution in [2.24, 2.45) is 11.8 Å². The third-order valence-corrected chi connectivity index (χ3v) is 6.01. The second kappa shape index (κ2) is 8.43. The number of nitrogens with zero attached hydrogens (tertiary/aromatic N) is 4. The van der Waals surface area contributed by atoms with Crippen molar-refractivity contribution in [2.75, 3.05) is 44.2 Å². The van der Waals surface area contributed by atoms with E-state index in [1.807, 2.05) is 24.4 Å². The van der Waals surface area contributed by atoms with Gasteiger partial charge in [0.25, 0.3) is 5.91 Å². The van der Waals surface area contributed by atoms with E-state index in [0.29, 0.717) is 18.0 Å². The van der Waals surface area contributed by atoms with E-state index in [9.17, 15) is 4.79 Å². The van der Waals surface area contributed by atoms with Gasteiger partial charge in [-0.25, -0.2) is 4.98 Å². The molecule has 1 saturated heterocycles. The summed E-state index contributed by atoms with van der Waals surface area (Å²) in [4.78, 5) is 26.7. The standard InChI is InChI=1S/C22H31N5O/c1-3-16(2)13-24-22(28)18-6-7-19-20(12-18)25-21(14-23-19)27-10-8-26(9-11-27)15-17-4-5-17/h6-7,12,14,16-17H,3-5,8-11,13,15H2,1-2H3,(H,24,28)/t16-/m0/s1. The highest BCUT2D eigenvalue weighted by Crippen LogP contribution is 2.30. The number of rotatable bonds is 7. The number of carbonyl (C=O) groups is 1. The fourth-order valence-electron chi connectivity index (χ4n) is 3.63. The van der Waals surface area contributed by atoms with Crippen LogP contribution in [0.3, 0.4) is 0 Å². The quantitative estimate of drug-likeness (QED) is 0.799. The summed E-state index contributed by atoms with van der Waals surface area (Å²) in [7, 11) is 0. The van der Waals surface area contributed by atoms with Crippen LogP contribution >= 0.6 is 0 Å². The highest BCUT2D eigenvalue weighted by atomic mass is 16.1. The number of amides is 1. The van der Waals surface area contributed by atoms with Crippen LogP contribution in [0.25, 0.3) is 11.0 Å². The van der Waals surface area contributed by atoms with Gasteiger partial charge in [-0.15, -0.1) is 0 Å². The lowest BCUT2D eigenvalue weighted by Gasteiger charge is -2.35. The number of aromatic nitrogens is 2. The molecule has 0 bridgehead atoms. The van der Waals surface area contributed by atoms with E-state index < -0.39 is 0 Å².